The fraction of sp³-hybridized carbons (Fsp3) is 0.333. The van der Waals surface area contributed by atoms with Gasteiger partial charge in [-0.1, -0.05) is 6.07 Å². The average Bonchev–Trinajstić information content (AvgIpc) is 2.06. The van der Waals surface area contributed by atoms with Gasteiger partial charge in [0.1, 0.15) is 0 Å². The predicted octanol–water partition coefficient (Wildman–Crippen LogP) is 1.41. The summed E-state index contributed by atoms with van der Waals surface area (Å²) in [5, 5.41) is 2.95. The zero-order valence-electron chi connectivity index (χ0n) is 8.46. The molecule has 0 spiro atoms. The van der Waals surface area contributed by atoms with Crippen LogP contribution in [0.2, 0.25) is 0 Å². The van der Waals surface area contributed by atoms with Crippen molar-refractivity contribution in [3.05, 3.63) is 23.8 Å². The van der Waals surface area contributed by atoms with E-state index < -0.39 is 10.0 Å². The average molecular weight is 214 g/mol. The van der Waals surface area contributed by atoms with Gasteiger partial charge in [0.15, 0.2) is 0 Å². The third kappa shape index (κ3) is 2.92. The maximum absolute atomic E-state index is 11.0. The van der Waals surface area contributed by atoms with Crippen molar-refractivity contribution in [1.29, 1.82) is 0 Å². The summed E-state index contributed by atoms with van der Waals surface area (Å²) >= 11 is 0. The van der Waals surface area contributed by atoms with Crippen molar-refractivity contribution >= 4 is 21.4 Å². The highest BCUT2D eigenvalue weighted by atomic mass is 32.2. The van der Waals surface area contributed by atoms with Gasteiger partial charge in [-0.15, -0.1) is 0 Å². The Bertz CT molecular complexity index is 426. The quantitative estimate of drug-likeness (QED) is 0.799. The fourth-order valence-corrected chi connectivity index (χ4v) is 1.71. The number of benzene rings is 1. The normalized spacial score (nSPS) is 11.1. The maximum Gasteiger partial charge on any atom is 0.229 e. The number of nitrogens with one attached hydrogen (secondary N) is 2. The lowest BCUT2D eigenvalue weighted by molar-refractivity contribution is 0.607. The highest BCUT2D eigenvalue weighted by molar-refractivity contribution is 7.92. The van der Waals surface area contributed by atoms with E-state index in [2.05, 4.69) is 10.0 Å². The topological polar surface area (TPSA) is 58.2 Å². The van der Waals surface area contributed by atoms with Crippen LogP contribution in [0.3, 0.4) is 0 Å². The van der Waals surface area contributed by atoms with E-state index in [4.69, 9.17) is 0 Å². The van der Waals surface area contributed by atoms with Gasteiger partial charge in [0, 0.05) is 12.7 Å². The Morgan fingerprint density at radius 1 is 1.29 bits per heavy atom. The Balaban J connectivity index is 3.07. The lowest BCUT2D eigenvalue weighted by Crippen LogP contribution is -2.10. The molecule has 1 aromatic rings. The first kappa shape index (κ1) is 10.8. The van der Waals surface area contributed by atoms with Crippen molar-refractivity contribution in [3.8, 4) is 0 Å². The summed E-state index contributed by atoms with van der Waals surface area (Å²) < 4.78 is 24.5. The Kier molecular flexibility index (Phi) is 3.00. The van der Waals surface area contributed by atoms with Crippen LogP contribution in [0.15, 0.2) is 18.2 Å². The summed E-state index contributed by atoms with van der Waals surface area (Å²) in [6.07, 6.45) is 1.14. The van der Waals surface area contributed by atoms with Gasteiger partial charge in [-0.2, -0.15) is 0 Å². The number of hydrogen-bond acceptors (Lipinski definition) is 3. The Morgan fingerprint density at radius 3 is 2.43 bits per heavy atom. The molecular formula is C9H14N2O2S. The van der Waals surface area contributed by atoms with Gasteiger partial charge in [-0.25, -0.2) is 8.42 Å². The summed E-state index contributed by atoms with van der Waals surface area (Å²) in [6.45, 7) is 1.85. The van der Waals surface area contributed by atoms with E-state index >= 15 is 0 Å². The number of anilines is 2. The van der Waals surface area contributed by atoms with Gasteiger partial charge >= 0.3 is 0 Å². The second-order valence-corrected chi connectivity index (χ2v) is 4.90. The largest absolute Gasteiger partial charge is 0.388 e. The van der Waals surface area contributed by atoms with Gasteiger partial charge in [0.05, 0.1) is 11.9 Å². The van der Waals surface area contributed by atoms with E-state index in [1.807, 2.05) is 19.1 Å². The SMILES string of the molecule is CNc1ccc(C)c(NS(C)(=O)=O)c1. The van der Waals surface area contributed by atoms with Crippen LogP contribution in [-0.2, 0) is 10.0 Å². The van der Waals surface area contributed by atoms with Crippen LogP contribution >= 0.6 is 0 Å². The van der Waals surface area contributed by atoms with Crippen LogP contribution in [0.1, 0.15) is 5.56 Å². The molecule has 0 aliphatic carbocycles. The molecule has 78 valence electrons. The second kappa shape index (κ2) is 3.88. The van der Waals surface area contributed by atoms with Gasteiger partial charge in [-0.05, 0) is 24.6 Å². The number of aryl methyl sites for hydroxylation is 1. The van der Waals surface area contributed by atoms with Gasteiger partial charge < -0.3 is 5.32 Å². The maximum atomic E-state index is 11.0. The van der Waals surface area contributed by atoms with Crippen LogP contribution in [-0.4, -0.2) is 21.7 Å². The van der Waals surface area contributed by atoms with Crippen molar-refractivity contribution in [1.82, 2.24) is 0 Å². The van der Waals surface area contributed by atoms with Crippen LogP contribution in [0.4, 0.5) is 11.4 Å². The first-order valence-corrected chi connectivity index (χ1v) is 6.08. The summed E-state index contributed by atoms with van der Waals surface area (Å²) in [6, 6.07) is 5.51. The minimum Gasteiger partial charge on any atom is -0.388 e. The highest BCUT2D eigenvalue weighted by Gasteiger charge is 2.04. The van der Waals surface area contributed by atoms with Gasteiger partial charge in [0.2, 0.25) is 10.0 Å². The standard InChI is InChI=1S/C9H14N2O2S/c1-7-4-5-8(10-2)6-9(7)11-14(3,12)13/h4-6,10-11H,1-3H3. The fourth-order valence-electron chi connectivity index (χ4n) is 1.09. The molecule has 0 saturated heterocycles. The molecule has 14 heavy (non-hydrogen) atoms. The molecule has 0 bridgehead atoms. The van der Waals surface area contributed by atoms with Crippen LogP contribution in [0.5, 0.6) is 0 Å². The van der Waals surface area contributed by atoms with Gasteiger partial charge in [-0.3, -0.25) is 4.72 Å². The zero-order valence-corrected chi connectivity index (χ0v) is 9.27. The summed E-state index contributed by atoms with van der Waals surface area (Å²) in [5.41, 5.74) is 2.38. The molecular weight excluding hydrogens is 200 g/mol. The molecule has 0 amide bonds. The third-order valence-electron chi connectivity index (χ3n) is 1.82. The first-order chi connectivity index (χ1) is 6.42. The molecule has 1 aromatic carbocycles. The molecule has 0 atom stereocenters. The van der Waals surface area contributed by atoms with Crippen molar-refractivity contribution in [3.63, 3.8) is 0 Å². The molecule has 0 unspecified atom stereocenters. The third-order valence-corrected chi connectivity index (χ3v) is 2.41. The summed E-state index contributed by atoms with van der Waals surface area (Å²) in [4.78, 5) is 0. The lowest BCUT2D eigenvalue weighted by atomic mass is 10.2. The van der Waals surface area contributed by atoms with Gasteiger partial charge in [0.25, 0.3) is 0 Å². The van der Waals surface area contributed by atoms with E-state index in [1.165, 1.54) is 0 Å². The van der Waals surface area contributed by atoms with E-state index in [0.717, 1.165) is 17.5 Å². The summed E-state index contributed by atoms with van der Waals surface area (Å²) in [7, 11) is -1.42. The van der Waals surface area contributed by atoms with Crippen LogP contribution in [0.25, 0.3) is 0 Å². The Labute approximate surface area is 84.4 Å². The molecule has 4 nitrogen and oxygen atoms in total. The molecule has 0 fully saturated rings. The van der Waals surface area contributed by atoms with Crippen LogP contribution < -0.4 is 10.0 Å². The van der Waals surface area contributed by atoms with Crippen LogP contribution in [0, 0.1) is 6.92 Å². The minimum atomic E-state index is -3.20. The minimum absolute atomic E-state index is 0.611. The van der Waals surface area contributed by atoms with Crippen molar-refractivity contribution in [2.24, 2.45) is 0 Å². The molecule has 0 aromatic heterocycles. The van der Waals surface area contributed by atoms with E-state index in [1.54, 1.807) is 13.1 Å². The van der Waals surface area contributed by atoms with Crippen molar-refractivity contribution in [2.75, 3.05) is 23.3 Å². The Morgan fingerprint density at radius 2 is 1.93 bits per heavy atom. The predicted molar refractivity (Wildman–Crippen MR) is 59.2 cm³/mol. The first-order valence-electron chi connectivity index (χ1n) is 4.18. The molecule has 0 saturated carbocycles. The number of rotatable bonds is 3. The van der Waals surface area contributed by atoms with E-state index in [-0.39, 0.29) is 0 Å². The monoisotopic (exact) mass is 214 g/mol. The van der Waals surface area contributed by atoms with Crippen molar-refractivity contribution in [2.45, 2.75) is 6.92 Å². The van der Waals surface area contributed by atoms with Crippen molar-refractivity contribution < 1.29 is 8.42 Å². The molecule has 1 rings (SSSR count). The molecule has 0 aliphatic heterocycles. The smallest absolute Gasteiger partial charge is 0.229 e. The highest BCUT2D eigenvalue weighted by Crippen LogP contribution is 2.20. The number of sulfonamides is 1. The molecule has 2 N–H and O–H groups in total. The van der Waals surface area contributed by atoms with E-state index in [0.29, 0.717) is 5.69 Å². The van der Waals surface area contributed by atoms with E-state index in [9.17, 15) is 8.42 Å². The molecule has 0 heterocycles. The zero-order chi connectivity index (χ0) is 10.8. The number of hydrogen-bond donors (Lipinski definition) is 2. The molecule has 0 aliphatic rings. The lowest BCUT2D eigenvalue weighted by Gasteiger charge is -2.09. The Hall–Kier alpha value is -1.23. The summed E-state index contributed by atoms with van der Waals surface area (Å²) in [5.74, 6) is 0. The second-order valence-electron chi connectivity index (χ2n) is 3.15. The molecule has 0 radical (unpaired) electrons. The molecule has 5 heteroatoms.